The number of thiophene rings is 1. The van der Waals surface area contributed by atoms with Gasteiger partial charge in [-0.3, -0.25) is 9.69 Å². The summed E-state index contributed by atoms with van der Waals surface area (Å²) in [5, 5.41) is 11.5. The third-order valence-electron chi connectivity index (χ3n) is 5.79. The van der Waals surface area contributed by atoms with E-state index in [1.807, 2.05) is 17.5 Å². The van der Waals surface area contributed by atoms with E-state index in [4.69, 9.17) is 9.84 Å². The zero-order chi connectivity index (χ0) is 23.9. The van der Waals surface area contributed by atoms with Crippen LogP contribution in [0.3, 0.4) is 0 Å². The molecular weight excluding hydrogens is 452 g/mol. The molecule has 3 aromatic rings. The summed E-state index contributed by atoms with van der Waals surface area (Å²) in [4.78, 5) is 39.3. The lowest BCUT2D eigenvalue weighted by Crippen LogP contribution is -2.36. The minimum Gasteiger partial charge on any atom is -0.481 e. The highest BCUT2D eigenvalue weighted by atomic mass is 32.1. The standard InChI is InChI=1S/C25H26N4O4S/c1-33-22-9-8-19(12-28-22)20-13-26-21(27-14-20)15-29(25(32)18-5-3-2-4-6-18)23-11-17(16-34-23)7-10-24(30)31/h7-14,16,18H,2-6,15H2,1H3,(H,30,31). The van der Waals surface area contributed by atoms with Crippen LogP contribution in [0.2, 0.25) is 0 Å². The molecule has 34 heavy (non-hydrogen) atoms. The smallest absolute Gasteiger partial charge is 0.328 e. The summed E-state index contributed by atoms with van der Waals surface area (Å²) >= 11 is 1.41. The maximum absolute atomic E-state index is 13.5. The van der Waals surface area contributed by atoms with E-state index in [2.05, 4.69) is 15.0 Å². The van der Waals surface area contributed by atoms with Crippen molar-refractivity contribution in [2.75, 3.05) is 12.0 Å². The van der Waals surface area contributed by atoms with E-state index in [0.29, 0.717) is 11.7 Å². The zero-order valence-corrected chi connectivity index (χ0v) is 19.7. The van der Waals surface area contributed by atoms with Gasteiger partial charge in [-0.25, -0.2) is 19.7 Å². The normalized spacial score (nSPS) is 14.3. The summed E-state index contributed by atoms with van der Waals surface area (Å²) in [6.45, 7) is 0.249. The number of anilines is 1. The van der Waals surface area contributed by atoms with Gasteiger partial charge >= 0.3 is 5.97 Å². The second-order valence-corrected chi connectivity index (χ2v) is 9.02. The van der Waals surface area contributed by atoms with Crippen molar-refractivity contribution >= 4 is 34.3 Å². The van der Waals surface area contributed by atoms with Gasteiger partial charge in [-0.15, -0.1) is 11.3 Å². The van der Waals surface area contributed by atoms with Gasteiger partial charge in [0.2, 0.25) is 11.8 Å². The van der Waals surface area contributed by atoms with Crippen LogP contribution in [0.15, 0.2) is 48.2 Å². The first-order valence-electron chi connectivity index (χ1n) is 11.2. The molecule has 0 aliphatic heterocycles. The SMILES string of the molecule is COc1ccc(-c2cnc(CN(C(=O)C3CCCCC3)c3cc(C=CC(=O)O)cs3)nc2)cn1. The van der Waals surface area contributed by atoms with Crippen molar-refractivity contribution in [2.24, 2.45) is 5.92 Å². The van der Waals surface area contributed by atoms with Crippen molar-refractivity contribution in [3.63, 3.8) is 0 Å². The highest BCUT2D eigenvalue weighted by molar-refractivity contribution is 7.14. The molecule has 0 unspecified atom stereocenters. The van der Waals surface area contributed by atoms with Gasteiger partial charge in [0.05, 0.1) is 18.7 Å². The number of hydrogen-bond donors (Lipinski definition) is 1. The molecule has 1 N–H and O–H groups in total. The van der Waals surface area contributed by atoms with Crippen LogP contribution < -0.4 is 9.64 Å². The predicted molar refractivity (Wildman–Crippen MR) is 131 cm³/mol. The largest absolute Gasteiger partial charge is 0.481 e. The van der Waals surface area contributed by atoms with E-state index in [-0.39, 0.29) is 18.4 Å². The Kier molecular flexibility index (Phi) is 7.64. The number of carboxylic acids is 1. The van der Waals surface area contributed by atoms with Crippen LogP contribution in [0.4, 0.5) is 5.00 Å². The Morgan fingerprint density at radius 2 is 1.85 bits per heavy atom. The van der Waals surface area contributed by atoms with Crippen molar-refractivity contribution in [1.29, 1.82) is 0 Å². The molecule has 0 bridgehead atoms. The molecule has 1 aliphatic carbocycles. The van der Waals surface area contributed by atoms with Crippen molar-refractivity contribution in [2.45, 2.75) is 38.6 Å². The molecule has 0 saturated heterocycles. The molecule has 3 aromatic heterocycles. The van der Waals surface area contributed by atoms with Crippen LogP contribution in [0.1, 0.15) is 43.5 Å². The van der Waals surface area contributed by atoms with Crippen LogP contribution in [0.5, 0.6) is 5.88 Å². The lowest BCUT2D eigenvalue weighted by Gasteiger charge is -2.28. The van der Waals surface area contributed by atoms with Crippen LogP contribution >= 0.6 is 11.3 Å². The second-order valence-electron chi connectivity index (χ2n) is 8.13. The maximum Gasteiger partial charge on any atom is 0.328 e. The van der Waals surface area contributed by atoms with Crippen LogP contribution in [0.25, 0.3) is 17.2 Å². The average Bonchev–Trinajstić information content (AvgIpc) is 3.35. The Morgan fingerprint density at radius 3 is 2.50 bits per heavy atom. The second kappa shape index (κ2) is 11.0. The molecule has 0 spiro atoms. The fourth-order valence-corrected chi connectivity index (χ4v) is 4.86. The predicted octanol–water partition coefficient (Wildman–Crippen LogP) is 4.82. The van der Waals surface area contributed by atoms with Gasteiger partial charge in [0, 0.05) is 53.2 Å². The van der Waals surface area contributed by atoms with Gasteiger partial charge < -0.3 is 9.84 Å². The summed E-state index contributed by atoms with van der Waals surface area (Å²) in [5.41, 5.74) is 2.43. The summed E-state index contributed by atoms with van der Waals surface area (Å²) < 4.78 is 5.10. The molecule has 3 heterocycles. The number of methoxy groups -OCH3 is 1. The molecule has 0 atom stereocenters. The molecule has 1 amide bonds. The quantitative estimate of drug-likeness (QED) is 0.463. The fourth-order valence-electron chi connectivity index (χ4n) is 3.97. The summed E-state index contributed by atoms with van der Waals surface area (Å²) in [7, 11) is 1.57. The van der Waals surface area contributed by atoms with Crippen molar-refractivity contribution in [3.8, 4) is 17.0 Å². The topological polar surface area (TPSA) is 106 Å². The van der Waals surface area contributed by atoms with E-state index in [9.17, 15) is 9.59 Å². The Hall–Kier alpha value is -3.59. The fraction of sp³-hybridized carbons (Fsp3) is 0.320. The number of aromatic nitrogens is 3. The summed E-state index contributed by atoms with van der Waals surface area (Å²) in [6.07, 6.45) is 12.8. The third-order valence-corrected chi connectivity index (χ3v) is 6.76. The number of nitrogens with zero attached hydrogens (tertiary/aromatic N) is 4. The highest BCUT2D eigenvalue weighted by Crippen LogP contribution is 2.32. The minimum absolute atomic E-state index is 0.0153. The Labute approximate surface area is 202 Å². The van der Waals surface area contributed by atoms with Gasteiger partial charge in [0.25, 0.3) is 0 Å². The van der Waals surface area contributed by atoms with E-state index in [0.717, 1.165) is 59.9 Å². The Bertz CT molecular complexity index is 1150. The van der Waals surface area contributed by atoms with Crippen LogP contribution in [-0.4, -0.2) is 39.0 Å². The molecule has 1 fully saturated rings. The van der Waals surface area contributed by atoms with Crippen molar-refractivity contribution in [3.05, 3.63) is 59.6 Å². The van der Waals surface area contributed by atoms with Crippen LogP contribution in [0, 0.1) is 5.92 Å². The molecule has 176 valence electrons. The molecule has 9 heteroatoms. The number of hydrogen-bond acceptors (Lipinski definition) is 7. The highest BCUT2D eigenvalue weighted by Gasteiger charge is 2.28. The summed E-state index contributed by atoms with van der Waals surface area (Å²) in [5.74, 6) is 0.112. The zero-order valence-electron chi connectivity index (χ0n) is 18.9. The molecule has 4 rings (SSSR count). The van der Waals surface area contributed by atoms with Gasteiger partial charge in [0.15, 0.2) is 0 Å². The molecule has 8 nitrogen and oxygen atoms in total. The van der Waals surface area contributed by atoms with Gasteiger partial charge in [-0.05, 0) is 36.6 Å². The Balaban J connectivity index is 1.56. The molecule has 1 aliphatic rings. The molecule has 0 radical (unpaired) electrons. The first-order valence-corrected chi connectivity index (χ1v) is 12.0. The average molecular weight is 479 g/mol. The number of aliphatic carboxylic acids is 1. The van der Waals surface area contributed by atoms with E-state index in [1.165, 1.54) is 17.4 Å². The van der Waals surface area contributed by atoms with Crippen molar-refractivity contribution in [1.82, 2.24) is 15.0 Å². The monoisotopic (exact) mass is 478 g/mol. The van der Waals surface area contributed by atoms with Gasteiger partial charge in [0.1, 0.15) is 5.82 Å². The number of rotatable bonds is 8. The molecule has 1 saturated carbocycles. The summed E-state index contributed by atoms with van der Waals surface area (Å²) in [6, 6.07) is 5.50. The third kappa shape index (κ3) is 5.85. The number of carbonyl (C=O) groups excluding carboxylic acids is 1. The number of amides is 1. The lowest BCUT2D eigenvalue weighted by molar-refractivity contribution is -0.131. The number of ether oxygens (including phenoxy) is 1. The van der Waals surface area contributed by atoms with Gasteiger partial charge in [-0.2, -0.15) is 0 Å². The number of carbonyl (C=O) groups is 2. The van der Waals surface area contributed by atoms with Crippen LogP contribution in [-0.2, 0) is 16.1 Å². The van der Waals surface area contributed by atoms with Crippen molar-refractivity contribution < 1.29 is 19.4 Å². The van der Waals surface area contributed by atoms with E-state index < -0.39 is 5.97 Å². The first kappa shape index (κ1) is 23.6. The number of pyridine rings is 1. The lowest BCUT2D eigenvalue weighted by atomic mass is 9.88. The first-order chi connectivity index (χ1) is 16.5. The Morgan fingerprint density at radius 1 is 1.12 bits per heavy atom. The van der Waals surface area contributed by atoms with E-state index >= 15 is 0 Å². The molecular formula is C25H26N4O4S. The van der Waals surface area contributed by atoms with E-state index in [1.54, 1.807) is 36.7 Å². The minimum atomic E-state index is -1.01. The number of carboxylic acid groups (broad SMARTS) is 1. The maximum atomic E-state index is 13.5. The van der Waals surface area contributed by atoms with Gasteiger partial charge in [-0.1, -0.05) is 19.3 Å². The molecule has 0 aromatic carbocycles.